The van der Waals surface area contributed by atoms with Gasteiger partial charge in [0.25, 0.3) is 0 Å². The van der Waals surface area contributed by atoms with Crippen LogP contribution in [0.25, 0.3) is 0 Å². The van der Waals surface area contributed by atoms with E-state index in [2.05, 4.69) is 26.0 Å². The first-order chi connectivity index (χ1) is 29.0. The number of aliphatic hydroxyl groups excluding tert-OH is 5. The number of unbranched alkanes of at least 4 members (excludes halogenated alkanes) is 28. The largest absolute Gasteiger partial charge is 0.472 e. The predicted octanol–water partition coefficient (Wildman–Crippen LogP) is 10.3. The lowest BCUT2D eigenvalue weighted by Gasteiger charge is -2.41. The standard InChI is InChI=1S/C47H91O12P/c1-3-5-7-9-11-13-15-17-19-21-23-25-27-29-31-33-35-37-56-38-40(39-57-60(54,55)59-47-45(52)43(50)42(49)44(51)46(47)53)58-41(48)36-34-32-30-28-26-24-22-20-18-16-14-12-10-8-6-4-2/h19,21,40,42-47,49-53H,3-18,20,22-39H2,1-2H3,(H,54,55)/b21-19-. The van der Waals surface area contributed by atoms with E-state index in [4.69, 9.17) is 18.5 Å². The second-order valence-electron chi connectivity index (χ2n) is 17.3. The van der Waals surface area contributed by atoms with Gasteiger partial charge in [-0.25, -0.2) is 4.57 Å². The molecule has 0 aromatic carbocycles. The molecule has 0 saturated heterocycles. The van der Waals surface area contributed by atoms with Gasteiger partial charge in [-0.1, -0.05) is 187 Å². The zero-order chi connectivity index (χ0) is 44.1. The van der Waals surface area contributed by atoms with Crippen LogP contribution < -0.4 is 0 Å². The third kappa shape index (κ3) is 30.2. The minimum atomic E-state index is -5.01. The van der Waals surface area contributed by atoms with E-state index in [0.29, 0.717) is 13.0 Å². The van der Waals surface area contributed by atoms with E-state index in [1.807, 2.05) is 0 Å². The van der Waals surface area contributed by atoms with Crippen molar-refractivity contribution < 1.29 is 58.3 Å². The Bertz CT molecular complexity index is 1050. The number of carbonyl (C=O) groups excluding carboxylic acids is 1. The Morgan fingerprint density at radius 1 is 0.517 bits per heavy atom. The summed E-state index contributed by atoms with van der Waals surface area (Å²) in [5.74, 6) is -0.475. The average molecular weight is 879 g/mol. The highest BCUT2D eigenvalue weighted by atomic mass is 31.2. The lowest BCUT2D eigenvalue weighted by Crippen LogP contribution is -2.64. The molecular formula is C47H91O12P. The van der Waals surface area contributed by atoms with Crippen LogP contribution in [-0.4, -0.2) is 98.9 Å². The summed E-state index contributed by atoms with van der Waals surface area (Å²) in [7, 11) is -5.01. The van der Waals surface area contributed by atoms with E-state index < -0.39 is 63.1 Å². The number of allylic oxidation sites excluding steroid dienone is 2. The Morgan fingerprint density at radius 2 is 0.883 bits per heavy atom. The molecule has 6 N–H and O–H groups in total. The first-order valence-corrected chi connectivity index (χ1v) is 26.0. The Morgan fingerprint density at radius 3 is 1.32 bits per heavy atom. The summed E-state index contributed by atoms with van der Waals surface area (Å²) in [6, 6.07) is 0. The molecule has 6 atom stereocenters. The van der Waals surface area contributed by atoms with Crippen LogP contribution in [0.15, 0.2) is 12.2 Å². The van der Waals surface area contributed by atoms with Crippen molar-refractivity contribution in [1.82, 2.24) is 0 Å². The SMILES string of the molecule is CCCCCCCCC/C=C\CCCCCCCCOCC(COP(=O)(O)OC1C(O)C(O)C(O)C(O)C1O)OC(=O)CCCCCCCCCCCCCCCCCC. The molecule has 0 aromatic heterocycles. The van der Waals surface area contributed by atoms with Crippen molar-refractivity contribution in [3.8, 4) is 0 Å². The lowest BCUT2D eigenvalue weighted by molar-refractivity contribution is -0.220. The third-order valence-electron chi connectivity index (χ3n) is 11.6. The molecule has 1 fully saturated rings. The van der Waals surface area contributed by atoms with Crippen LogP contribution in [0.5, 0.6) is 0 Å². The number of hydrogen-bond acceptors (Lipinski definition) is 11. The number of ether oxygens (including phenoxy) is 2. The van der Waals surface area contributed by atoms with E-state index in [1.165, 1.54) is 141 Å². The van der Waals surface area contributed by atoms with Crippen molar-refractivity contribution in [3.63, 3.8) is 0 Å². The highest BCUT2D eigenvalue weighted by molar-refractivity contribution is 7.47. The number of rotatable bonds is 42. The van der Waals surface area contributed by atoms with E-state index in [-0.39, 0.29) is 13.0 Å². The van der Waals surface area contributed by atoms with E-state index in [0.717, 1.165) is 51.4 Å². The maximum absolute atomic E-state index is 12.8. The minimum Gasteiger partial charge on any atom is -0.457 e. The molecule has 0 aromatic rings. The van der Waals surface area contributed by atoms with Gasteiger partial charge in [-0.05, 0) is 38.5 Å². The first kappa shape index (κ1) is 57.1. The van der Waals surface area contributed by atoms with Crippen LogP contribution in [-0.2, 0) is 27.9 Å². The molecule has 1 rings (SSSR count). The summed E-state index contributed by atoms with van der Waals surface area (Å²) in [6.45, 7) is 4.28. The Hall–Kier alpha value is -0.920. The van der Waals surface area contributed by atoms with Gasteiger partial charge in [-0.2, -0.15) is 0 Å². The Kier molecular flexibility index (Phi) is 36.7. The number of hydrogen-bond donors (Lipinski definition) is 6. The number of aliphatic hydroxyl groups is 5. The zero-order valence-electron chi connectivity index (χ0n) is 38.0. The molecule has 1 saturated carbocycles. The molecule has 0 spiro atoms. The summed E-state index contributed by atoms with van der Waals surface area (Å²) in [5, 5.41) is 50.2. The van der Waals surface area contributed by atoms with Crippen LogP contribution in [0.4, 0.5) is 0 Å². The maximum Gasteiger partial charge on any atom is 0.472 e. The molecule has 1 aliphatic rings. The Balaban J connectivity index is 2.36. The van der Waals surface area contributed by atoms with Gasteiger partial charge >= 0.3 is 13.8 Å². The number of esters is 1. The van der Waals surface area contributed by atoms with Crippen molar-refractivity contribution in [2.45, 2.75) is 262 Å². The molecule has 0 radical (unpaired) electrons. The topological polar surface area (TPSA) is 192 Å². The number of carbonyl (C=O) groups is 1. The second kappa shape index (κ2) is 38.5. The van der Waals surface area contributed by atoms with Crippen LogP contribution in [0.2, 0.25) is 0 Å². The van der Waals surface area contributed by atoms with Gasteiger partial charge in [-0.15, -0.1) is 0 Å². The maximum atomic E-state index is 12.8. The van der Waals surface area contributed by atoms with Crippen molar-refractivity contribution >= 4 is 13.8 Å². The summed E-state index contributed by atoms with van der Waals surface area (Å²) < 4.78 is 34.2. The van der Waals surface area contributed by atoms with Crippen LogP contribution in [0.3, 0.4) is 0 Å². The molecule has 13 heteroatoms. The number of phosphoric ester groups is 1. The third-order valence-corrected chi connectivity index (χ3v) is 12.6. The van der Waals surface area contributed by atoms with E-state index >= 15 is 0 Å². The van der Waals surface area contributed by atoms with Gasteiger partial charge < -0.3 is 39.9 Å². The van der Waals surface area contributed by atoms with Crippen molar-refractivity contribution in [2.24, 2.45) is 0 Å². The zero-order valence-corrected chi connectivity index (χ0v) is 38.9. The quantitative estimate of drug-likeness (QED) is 0.0147. The highest BCUT2D eigenvalue weighted by Crippen LogP contribution is 2.47. The molecule has 0 heterocycles. The molecule has 0 bridgehead atoms. The van der Waals surface area contributed by atoms with E-state index in [1.54, 1.807) is 0 Å². The monoisotopic (exact) mass is 879 g/mol. The van der Waals surface area contributed by atoms with Gasteiger partial charge in [0, 0.05) is 13.0 Å². The average Bonchev–Trinajstić information content (AvgIpc) is 3.23. The van der Waals surface area contributed by atoms with Crippen LogP contribution >= 0.6 is 7.82 Å². The fourth-order valence-electron chi connectivity index (χ4n) is 7.70. The highest BCUT2D eigenvalue weighted by Gasteiger charge is 2.51. The summed E-state index contributed by atoms with van der Waals surface area (Å²) >= 11 is 0. The lowest BCUT2D eigenvalue weighted by atomic mass is 9.85. The fraction of sp³-hybridized carbons (Fsp3) is 0.936. The molecule has 6 unspecified atom stereocenters. The normalized spacial score (nSPS) is 22.3. The fourth-order valence-corrected chi connectivity index (χ4v) is 8.68. The van der Waals surface area contributed by atoms with Crippen molar-refractivity contribution in [3.05, 3.63) is 12.2 Å². The summed E-state index contributed by atoms with van der Waals surface area (Å²) in [4.78, 5) is 23.2. The molecule has 0 aliphatic heterocycles. The molecular weight excluding hydrogens is 787 g/mol. The predicted molar refractivity (Wildman–Crippen MR) is 240 cm³/mol. The van der Waals surface area contributed by atoms with Crippen LogP contribution in [0, 0.1) is 0 Å². The molecule has 1 aliphatic carbocycles. The minimum absolute atomic E-state index is 0.0752. The Labute approximate surface area is 365 Å². The van der Waals surface area contributed by atoms with Gasteiger partial charge in [0.05, 0.1) is 13.2 Å². The van der Waals surface area contributed by atoms with E-state index in [9.17, 15) is 39.8 Å². The van der Waals surface area contributed by atoms with Gasteiger partial charge in [-0.3, -0.25) is 13.8 Å². The summed E-state index contributed by atoms with van der Waals surface area (Å²) in [5.41, 5.74) is 0. The van der Waals surface area contributed by atoms with Crippen molar-refractivity contribution in [2.75, 3.05) is 19.8 Å². The molecule has 60 heavy (non-hydrogen) atoms. The molecule has 12 nitrogen and oxygen atoms in total. The first-order valence-electron chi connectivity index (χ1n) is 24.5. The van der Waals surface area contributed by atoms with Crippen LogP contribution in [0.1, 0.15) is 219 Å². The smallest absolute Gasteiger partial charge is 0.457 e. The van der Waals surface area contributed by atoms with Crippen molar-refractivity contribution in [1.29, 1.82) is 0 Å². The molecule has 0 amide bonds. The second-order valence-corrected chi connectivity index (χ2v) is 18.7. The van der Waals surface area contributed by atoms with Gasteiger partial charge in [0.2, 0.25) is 0 Å². The number of phosphoric acid groups is 1. The molecule has 356 valence electrons. The van der Waals surface area contributed by atoms with Gasteiger partial charge in [0.15, 0.2) is 0 Å². The van der Waals surface area contributed by atoms with Gasteiger partial charge in [0.1, 0.15) is 42.7 Å². The summed E-state index contributed by atoms with van der Waals surface area (Å²) in [6.07, 6.45) is 29.9.